The van der Waals surface area contributed by atoms with Crippen molar-refractivity contribution in [2.45, 2.75) is 70.8 Å². The first kappa shape index (κ1) is 13.5. The number of aromatic nitrogens is 3. The third kappa shape index (κ3) is 3.31. The molecule has 2 rings (SSSR count). The lowest BCUT2D eigenvalue weighted by molar-refractivity contribution is 0.480. The Morgan fingerprint density at radius 1 is 1.11 bits per heavy atom. The lowest BCUT2D eigenvalue weighted by Crippen LogP contribution is -2.11. The molecule has 0 saturated heterocycles. The van der Waals surface area contributed by atoms with E-state index in [2.05, 4.69) is 21.7 Å². The third-order valence-electron chi connectivity index (χ3n) is 3.98. The number of hydrogen-bond acceptors (Lipinski definition) is 3. The number of rotatable bonds is 7. The van der Waals surface area contributed by atoms with E-state index in [1.165, 1.54) is 50.8 Å². The van der Waals surface area contributed by atoms with E-state index in [1.54, 1.807) is 0 Å². The summed E-state index contributed by atoms with van der Waals surface area (Å²) in [5.41, 5.74) is 5.51. The van der Waals surface area contributed by atoms with Crippen LogP contribution in [0.2, 0.25) is 0 Å². The number of hydrogen-bond donors (Lipinski definition) is 1. The van der Waals surface area contributed by atoms with Crippen LogP contribution in [0.15, 0.2) is 0 Å². The Bertz CT molecular complexity index is 353. The first-order chi connectivity index (χ1) is 8.83. The van der Waals surface area contributed by atoms with Crippen molar-refractivity contribution in [3.05, 3.63) is 11.6 Å². The molecule has 102 valence electrons. The molecular formula is C14H26N4. The van der Waals surface area contributed by atoms with Crippen LogP contribution in [0.25, 0.3) is 0 Å². The van der Waals surface area contributed by atoms with Gasteiger partial charge in [0.1, 0.15) is 11.6 Å². The standard InChI is InChI=1S/C14H26N4/c1-12-16-17-14(10-4-2-3-7-11-15)18(12)13-8-5-6-9-13/h13H,2-11,15H2,1H3. The van der Waals surface area contributed by atoms with Gasteiger partial charge in [-0.1, -0.05) is 25.7 Å². The Morgan fingerprint density at radius 3 is 2.56 bits per heavy atom. The lowest BCUT2D eigenvalue weighted by Gasteiger charge is -2.15. The van der Waals surface area contributed by atoms with Crippen molar-refractivity contribution in [1.82, 2.24) is 14.8 Å². The van der Waals surface area contributed by atoms with E-state index in [0.29, 0.717) is 6.04 Å². The fourth-order valence-corrected chi connectivity index (χ4v) is 3.00. The number of nitrogens with zero attached hydrogens (tertiary/aromatic N) is 3. The Kier molecular flexibility index (Phi) is 5.17. The summed E-state index contributed by atoms with van der Waals surface area (Å²) in [4.78, 5) is 0. The minimum atomic E-state index is 0.666. The third-order valence-corrected chi connectivity index (χ3v) is 3.98. The van der Waals surface area contributed by atoms with Crippen molar-refractivity contribution in [1.29, 1.82) is 0 Å². The average molecular weight is 250 g/mol. The molecule has 1 heterocycles. The van der Waals surface area contributed by atoms with E-state index in [0.717, 1.165) is 25.2 Å². The fourth-order valence-electron chi connectivity index (χ4n) is 3.00. The first-order valence-electron chi connectivity index (χ1n) is 7.43. The second kappa shape index (κ2) is 6.88. The minimum Gasteiger partial charge on any atom is -0.330 e. The molecule has 1 aliphatic carbocycles. The van der Waals surface area contributed by atoms with Gasteiger partial charge in [0, 0.05) is 12.5 Å². The molecule has 1 aromatic heterocycles. The maximum absolute atomic E-state index is 5.51. The molecule has 0 atom stereocenters. The fraction of sp³-hybridized carbons (Fsp3) is 0.857. The summed E-state index contributed by atoms with van der Waals surface area (Å²) in [6.45, 7) is 2.90. The lowest BCUT2D eigenvalue weighted by atomic mass is 10.1. The van der Waals surface area contributed by atoms with Crippen LogP contribution in [0.4, 0.5) is 0 Å². The van der Waals surface area contributed by atoms with Gasteiger partial charge in [-0.25, -0.2) is 0 Å². The highest BCUT2D eigenvalue weighted by molar-refractivity contribution is 4.98. The van der Waals surface area contributed by atoms with Gasteiger partial charge in [0.15, 0.2) is 0 Å². The molecule has 0 radical (unpaired) electrons. The van der Waals surface area contributed by atoms with Crippen molar-refractivity contribution < 1.29 is 0 Å². The predicted molar refractivity (Wildman–Crippen MR) is 73.5 cm³/mol. The molecule has 0 spiro atoms. The maximum atomic E-state index is 5.51. The minimum absolute atomic E-state index is 0.666. The van der Waals surface area contributed by atoms with Crippen LogP contribution in [0.5, 0.6) is 0 Å². The summed E-state index contributed by atoms with van der Waals surface area (Å²) in [7, 11) is 0. The molecule has 1 saturated carbocycles. The second-order valence-corrected chi connectivity index (χ2v) is 5.42. The summed E-state index contributed by atoms with van der Waals surface area (Å²) in [5.74, 6) is 2.30. The molecule has 0 aliphatic heterocycles. The molecule has 4 heteroatoms. The van der Waals surface area contributed by atoms with Gasteiger partial charge >= 0.3 is 0 Å². The molecule has 1 aliphatic rings. The highest BCUT2D eigenvalue weighted by Gasteiger charge is 2.21. The molecule has 18 heavy (non-hydrogen) atoms. The van der Waals surface area contributed by atoms with E-state index < -0.39 is 0 Å². The first-order valence-corrected chi connectivity index (χ1v) is 7.43. The summed E-state index contributed by atoms with van der Waals surface area (Å²) < 4.78 is 2.40. The van der Waals surface area contributed by atoms with E-state index in [-0.39, 0.29) is 0 Å². The second-order valence-electron chi connectivity index (χ2n) is 5.42. The van der Waals surface area contributed by atoms with Gasteiger partial charge in [-0.15, -0.1) is 10.2 Å². The molecule has 2 N–H and O–H groups in total. The highest BCUT2D eigenvalue weighted by Crippen LogP contribution is 2.31. The molecule has 4 nitrogen and oxygen atoms in total. The Balaban J connectivity index is 1.87. The average Bonchev–Trinajstić information content (AvgIpc) is 2.98. The Labute approximate surface area is 110 Å². The SMILES string of the molecule is Cc1nnc(CCCCCCN)n1C1CCCC1. The topological polar surface area (TPSA) is 56.7 Å². The largest absolute Gasteiger partial charge is 0.330 e. The van der Waals surface area contributed by atoms with E-state index >= 15 is 0 Å². The highest BCUT2D eigenvalue weighted by atomic mass is 15.3. The maximum Gasteiger partial charge on any atom is 0.133 e. The molecular weight excluding hydrogens is 224 g/mol. The smallest absolute Gasteiger partial charge is 0.133 e. The van der Waals surface area contributed by atoms with E-state index in [9.17, 15) is 0 Å². The van der Waals surface area contributed by atoms with Crippen LogP contribution in [0.3, 0.4) is 0 Å². The zero-order valence-corrected chi connectivity index (χ0v) is 11.6. The summed E-state index contributed by atoms with van der Waals surface area (Å²) in [5, 5.41) is 8.64. The Hall–Kier alpha value is -0.900. The van der Waals surface area contributed by atoms with Crippen molar-refractivity contribution in [2.24, 2.45) is 5.73 Å². The summed E-state index contributed by atoms with van der Waals surface area (Å²) in [6.07, 6.45) is 11.3. The zero-order valence-electron chi connectivity index (χ0n) is 11.6. The molecule has 0 unspecified atom stereocenters. The van der Waals surface area contributed by atoms with Gasteiger partial charge in [-0.2, -0.15) is 0 Å². The van der Waals surface area contributed by atoms with Crippen LogP contribution < -0.4 is 5.73 Å². The monoisotopic (exact) mass is 250 g/mol. The summed E-state index contributed by atoms with van der Waals surface area (Å²) >= 11 is 0. The van der Waals surface area contributed by atoms with Gasteiger partial charge in [0.2, 0.25) is 0 Å². The predicted octanol–water partition coefficient (Wildman–Crippen LogP) is 2.76. The van der Waals surface area contributed by atoms with Gasteiger partial charge in [0.25, 0.3) is 0 Å². The van der Waals surface area contributed by atoms with Crippen LogP contribution >= 0.6 is 0 Å². The van der Waals surface area contributed by atoms with Crippen LogP contribution in [0.1, 0.15) is 69.1 Å². The zero-order chi connectivity index (χ0) is 12.8. The summed E-state index contributed by atoms with van der Waals surface area (Å²) in [6, 6.07) is 0.666. The number of nitrogens with two attached hydrogens (primary N) is 1. The van der Waals surface area contributed by atoms with Crippen molar-refractivity contribution in [3.63, 3.8) is 0 Å². The van der Waals surface area contributed by atoms with E-state index in [1.807, 2.05) is 0 Å². The van der Waals surface area contributed by atoms with Crippen LogP contribution in [0, 0.1) is 6.92 Å². The van der Waals surface area contributed by atoms with Crippen molar-refractivity contribution >= 4 is 0 Å². The van der Waals surface area contributed by atoms with Gasteiger partial charge in [-0.3, -0.25) is 0 Å². The van der Waals surface area contributed by atoms with E-state index in [4.69, 9.17) is 5.73 Å². The number of unbranched alkanes of at least 4 members (excludes halogenated alkanes) is 3. The molecule has 0 bridgehead atoms. The quantitative estimate of drug-likeness (QED) is 0.757. The van der Waals surface area contributed by atoms with Gasteiger partial charge < -0.3 is 10.3 Å². The number of aryl methyl sites for hydroxylation is 2. The van der Waals surface area contributed by atoms with Crippen molar-refractivity contribution in [3.8, 4) is 0 Å². The molecule has 0 amide bonds. The Morgan fingerprint density at radius 2 is 1.83 bits per heavy atom. The normalized spacial score (nSPS) is 16.6. The van der Waals surface area contributed by atoms with Gasteiger partial charge in [-0.05, 0) is 39.2 Å². The van der Waals surface area contributed by atoms with Crippen molar-refractivity contribution in [2.75, 3.05) is 6.54 Å². The van der Waals surface area contributed by atoms with Gasteiger partial charge in [0.05, 0.1) is 0 Å². The molecule has 1 fully saturated rings. The van der Waals surface area contributed by atoms with Crippen LogP contribution in [-0.4, -0.2) is 21.3 Å². The molecule has 0 aromatic carbocycles. The molecule has 1 aromatic rings. The van der Waals surface area contributed by atoms with Crippen LogP contribution in [-0.2, 0) is 6.42 Å².